The summed E-state index contributed by atoms with van der Waals surface area (Å²) in [6.07, 6.45) is 6.47. The Balaban J connectivity index is 1.69. The van der Waals surface area contributed by atoms with Crippen molar-refractivity contribution in [2.45, 2.75) is 38.0 Å². The van der Waals surface area contributed by atoms with Crippen LogP contribution in [0.1, 0.15) is 49.1 Å². The molecule has 1 unspecified atom stereocenters. The average molecular weight is 339 g/mol. The van der Waals surface area contributed by atoms with E-state index in [1.165, 1.54) is 32.1 Å². The number of carbonyl (C=O) groups excluding carboxylic acids is 1. The SMILES string of the molecule is O=C(NO)C(c1ccccc1)c1ccc(OCC2CCCCC2)cc1. The van der Waals surface area contributed by atoms with Crippen LogP contribution < -0.4 is 10.2 Å². The molecule has 132 valence electrons. The van der Waals surface area contributed by atoms with Gasteiger partial charge in [-0.3, -0.25) is 10.0 Å². The van der Waals surface area contributed by atoms with Gasteiger partial charge < -0.3 is 4.74 Å². The maximum Gasteiger partial charge on any atom is 0.255 e. The number of nitrogens with one attached hydrogen (secondary N) is 1. The Labute approximate surface area is 148 Å². The number of rotatable bonds is 6. The van der Waals surface area contributed by atoms with Gasteiger partial charge in [-0.1, -0.05) is 61.7 Å². The molecule has 1 aliphatic carbocycles. The van der Waals surface area contributed by atoms with Gasteiger partial charge in [-0.2, -0.15) is 0 Å². The number of benzene rings is 2. The molecule has 0 radical (unpaired) electrons. The lowest BCUT2D eigenvalue weighted by Crippen LogP contribution is -2.27. The molecule has 0 heterocycles. The Morgan fingerprint density at radius 1 is 1.00 bits per heavy atom. The molecule has 2 aromatic rings. The zero-order valence-corrected chi connectivity index (χ0v) is 14.4. The van der Waals surface area contributed by atoms with E-state index >= 15 is 0 Å². The predicted molar refractivity (Wildman–Crippen MR) is 96.7 cm³/mol. The Morgan fingerprint density at radius 3 is 2.28 bits per heavy atom. The highest BCUT2D eigenvalue weighted by Crippen LogP contribution is 2.28. The van der Waals surface area contributed by atoms with Crippen molar-refractivity contribution in [3.05, 3.63) is 65.7 Å². The molecular weight excluding hydrogens is 314 g/mol. The number of carbonyl (C=O) groups is 1. The third-order valence-corrected chi connectivity index (χ3v) is 4.93. The molecule has 4 nitrogen and oxygen atoms in total. The van der Waals surface area contributed by atoms with Gasteiger partial charge in [0.05, 0.1) is 12.5 Å². The van der Waals surface area contributed by atoms with E-state index < -0.39 is 11.8 Å². The van der Waals surface area contributed by atoms with E-state index in [-0.39, 0.29) is 0 Å². The number of hydroxylamine groups is 1. The largest absolute Gasteiger partial charge is 0.493 e. The summed E-state index contributed by atoms with van der Waals surface area (Å²) < 4.78 is 5.92. The second kappa shape index (κ2) is 8.67. The molecular formula is C21H25NO3. The lowest BCUT2D eigenvalue weighted by Gasteiger charge is -2.22. The highest BCUT2D eigenvalue weighted by atomic mass is 16.5. The Kier molecular flexibility index (Phi) is 6.07. The van der Waals surface area contributed by atoms with Crippen molar-refractivity contribution < 1.29 is 14.7 Å². The quantitative estimate of drug-likeness (QED) is 0.610. The molecule has 1 saturated carbocycles. The van der Waals surface area contributed by atoms with Gasteiger partial charge in [-0.25, -0.2) is 5.48 Å². The first kappa shape index (κ1) is 17.5. The first-order valence-electron chi connectivity index (χ1n) is 8.99. The fourth-order valence-corrected chi connectivity index (χ4v) is 3.53. The minimum atomic E-state index is -0.543. The van der Waals surface area contributed by atoms with E-state index in [1.807, 2.05) is 54.6 Å². The molecule has 4 heteroatoms. The fraction of sp³-hybridized carbons (Fsp3) is 0.381. The molecule has 1 atom stereocenters. The van der Waals surface area contributed by atoms with Crippen LogP contribution in [0.5, 0.6) is 5.75 Å². The minimum absolute atomic E-state index is 0.443. The van der Waals surface area contributed by atoms with Gasteiger partial charge in [0.2, 0.25) is 0 Å². The van der Waals surface area contributed by atoms with E-state index in [1.54, 1.807) is 5.48 Å². The molecule has 0 aromatic heterocycles. The molecule has 0 spiro atoms. The van der Waals surface area contributed by atoms with Crippen molar-refractivity contribution in [1.82, 2.24) is 5.48 Å². The van der Waals surface area contributed by atoms with Gasteiger partial charge >= 0.3 is 0 Å². The Morgan fingerprint density at radius 2 is 1.64 bits per heavy atom. The molecule has 2 aromatic carbocycles. The molecule has 0 bridgehead atoms. The van der Waals surface area contributed by atoms with E-state index in [4.69, 9.17) is 9.94 Å². The van der Waals surface area contributed by atoms with Crippen molar-refractivity contribution in [2.75, 3.05) is 6.61 Å². The lowest BCUT2D eigenvalue weighted by atomic mass is 9.90. The standard InChI is InChI=1S/C21H25NO3/c23-21(22-24)20(17-9-5-2-6-10-17)18-11-13-19(14-12-18)25-15-16-7-3-1-4-8-16/h2,5-6,9-14,16,20,24H,1,3-4,7-8,15H2,(H,22,23). The third kappa shape index (κ3) is 4.60. The number of amides is 1. The van der Waals surface area contributed by atoms with E-state index in [0.717, 1.165) is 23.5 Å². The normalized spacial score (nSPS) is 16.2. The minimum Gasteiger partial charge on any atom is -0.493 e. The second-order valence-corrected chi connectivity index (χ2v) is 6.70. The molecule has 1 aliphatic rings. The van der Waals surface area contributed by atoms with Crippen LogP contribution in [0.3, 0.4) is 0 Å². The summed E-state index contributed by atoms with van der Waals surface area (Å²) in [5.74, 6) is 0.497. The summed E-state index contributed by atoms with van der Waals surface area (Å²) in [5.41, 5.74) is 3.43. The smallest absolute Gasteiger partial charge is 0.255 e. The van der Waals surface area contributed by atoms with Gasteiger partial charge in [0.15, 0.2) is 0 Å². The lowest BCUT2D eigenvalue weighted by molar-refractivity contribution is -0.129. The van der Waals surface area contributed by atoms with Crippen LogP contribution in [-0.4, -0.2) is 17.7 Å². The van der Waals surface area contributed by atoms with Crippen LogP contribution in [0.25, 0.3) is 0 Å². The molecule has 0 aliphatic heterocycles. The first-order valence-corrected chi connectivity index (χ1v) is 8.99. The van der Waals surface area contributed by atoms with Crippen LogP contribution in [0.15, 0.2) is 54.6 Å². The summed E-state index contributed by atoms with van der Waals surface area (Å²) in [7, 11) is 0. The van der Waals surface area contributed by atoms with Crippen molar-refractivity contribution in [1.29, 1.82) is 0 Å². The summed E-state index contributed by atoms with van der Waals surface area (Å²) in [4.78, 5) is 12.1. The van der Waals surface area contributed by atoms with Crippen molar-refractivity contribution in [3.63, 3.8) is 0 Å². The molecule has 1 fully saturated rings. The Bertz CT molecular complexity index is 663. The molecule has 3 rings (SSSR count). The summed E-state index contributed by atoms with van der Waals surface area (Å²) in [6, 6.07) is 17.0. The predicted octanol–water partition coefficient (Wildman–Crippen LogP) is 4.28. The molecule has 0 saturated heterocycles. The van der Waals surface area contributed by atoms with Crippen LogP contribution >= 0.6 is 0 Å². The van der Waals surface area contributed by atoms with Crippen molar-refractivity contribution >= 4 is 5.91 Å². The zero-order chi connectivity index (χ0) is 17.5. The fourth-order valence-electron chi connectivity index (χ4n) is 3.53. The molecule has 1 amide bonds. The average Bonchev–Trinajstić information content (AvgIpc) is 2.69. The van der Waals surface area contributed by atoms with Gasteiger partial charge in [-0.15, -0.1) is 0 Å². The van der Waals surface area contributed by atoms with Crippen LogP contribution in [-0.2, 0) is 4.79 Å². The number of hydrogen-bond acceptors (Lipinski definition) is 3. The van der Waals surface area contributed by atoms with Crippen LogP contribution in [0, 0.1) is 5.92 Å². The summed E-state index contributed by atoms with van der Waals surface area (Å²) >= 11 is 0. The highest BCUT2D eigenvalue weighted by Gasteiger charge is 2.22. The number of ether oxygens (including phenoxy) is 1. The van der Waals surface area contributed by atoms with Gasteiger partial charge in [-0.05, 0) is 42.0 Å². The van der Waals surface area contributed by atoms with E-state index in [0.29, 0.717) is 5.92 Å². The summed E-state index contributed by atoms with van der Waals surface area (Å²) in [6.45, 7) is 0.762. The second-order valence-electron chi connectivity index (χ2n) is 6.70. The van der Waals surface area contributed by atoms with Gasteiger partial charge in [0.25, 0.3) is 5.91 Å². The maximum atomic E-state index is 12.1. The summed E-state index contributed by atoms with van der Waals surface area (Å²) in [5, 5.41) is 9.09. The Hall–Kier alpha value is -2.33. The molecule has 2 N–H and O–H groups in total. The number of hydrogen-bond donors (Lipinski definition) is 2. The third-order valence-electron chi connectivity index (χ3n) is 4.93. The monoisotopic (exact) mass is 339 g/mol. The van der Waals surface area contributed by atoms with Crippen LogP contribution in [0.4, 0.5) is 0 Å². The van der Waals surface area contributed by atoms with Crippen molar-refractivity contribution in [2.24, 2.45) is 5.92 Å². The topological polar surface area (TPSA) is 58.6 Å². The van der Waals surface area contributed by atoms with Gasteiger partial charge in [0.1, 0.15) is 5.75 Å². The van der Waals surface area contributed by atoms with E-state index in [9.17, 15) is 4.79 Å². The molecule has 25 heavy (non-hydrogen) atoms. The zero-order valence-electron chi connectivity index (χ0n) is 14.4. The van der Waals surface area contributed by atoms with Crippen molar-refractivity contribution in [3.8, 4) is 5.75 Å². The highest BCUT2D eigenvalue weighted by molar-refractivity contribution is 5.86. The van der Waals surface area contributed by atoms with Crippen LogP contribution in [0.2, 0.25) is 0 Å². The van der Waals surface area contributed by atoms with E-state index in [2.05, 4.69) is 0 Å². The van der Waals surface area contributed by atoms with Gasteiger partial charge in [0, 0.05) is 0 Å². The first-order chi connectivity index (χ1) is 12.3. The maximum absolute atomic E-state index is 12.1.